The van der Waals surface area contributed by atoms with E-state index >= 15 is 0 Å². The van der Waals surface area contributed by atoms with E-state index in [0.717, 1.165) is 12.1 Å². The molecule has 0 fully saturated rings. The minimum absolute atomic E-state index is 0.0602. The van der Waals surface area contributed by atoms with Crippen molar-refractivity contribution in [2.24, 2.45) is 0 Å². The van der Waals surface area contributed by atoms with Crippen LogP contribution in [0.1, 0.15) is 13.8 Å². The monoisotopic (exact) mass is 416 g/mol. The molecule has 2 aromatic rings. The molecule has 148 valence electrons. The van der Waals surface area contributed by atoms with E-state index in [4.69, 9.17) is 4.74 Å². The molecule has 0 aliphatic heterocycles. The van der Waals surface area contributed by atoms with Gasteiger partial charge in [0.15, 0.2) is 0 Å². The van der Waals surface area contributed by atoms with E-state index in [2.05, 4.69) is 4.72 Å². The first-order valence-electron chi connectivity index (χ1n) is 8.12. The van der Waals surface area contributed by atoms with Crippen LogP contribution < -0.4 is 9.46 Å². The minimum Gasteiger partial charge on any atom is -0.495 e. The van der Waals surface area contributed by atoms with E-state index in [0.29, 0.717) is 0 Å². The number of rotatable bonds is 8. The predicted molar refractivity (Wildman–Crippen MR) is 100 cm³/mol. The Morgan fingerprint density at radius 1 is 1.00 bits per heavy atom. The maximum absolute atomic E-state index is 13.4. The Labute approximate surface area is 158 Å². The lowest BCUT2D eigenvalue weighted by Gasteiger charge is -2.20. The summed E-state index contributed by atoms with van der Waals surface area (Å²) in [4.78, 5) is -0.370. The Bertz CT molecular complexity index is 1020. The normalized spacial score (nSPS) is 12.2. The van der Waals surface area contributed by atoms with Crippen molar-refractivity contribution < 1.29 is 26.0 Å². The summed E-state index contributed by atoms with van der Waals surface area (Å²) in [5.41, 5.74) is -0.0602. The van der Waals surface area contributed by atoms with Gasteiger partial charge in [0.1, 0.15) is 11.6 Å². The number of nitrogens with one attached hydrogen (secondary N) is 1. The van der Waals surface area contributed by atoms with E-state index in [-0.39, 0.29) is 34.3 Å². The van der Waals surface area contributed by atoms with Gasteiger partial charge in [-0.25, -0.2) is 21.2 Å². The first kappa shape index (κ1) is 21.1. The summed E-state index contributed by atoms with van der Waals surface area (Å²) in [6, 6.07) is 8.37. The van der Waals surface area contributed by atoms with Gasteiger partial charge in [-0.05, 0) is 36.4 Å². The van der Waals surface area contributed by atoms with Crippen molar-refractivity contribution in [3.05, 3.63) is 48.3 Å². The summed E-state index contributed by atoms with van der Waals surface area (Å²) >= 11 is 0. The second-order valence-corrected chi connectivity index (χ2v) is 9.13. The fraction of sp³-hybridized carbons (Fsp3) is 0.294. The van der Waals surface area contributed by atoms with Crippen molar-refractivity contribution >= 4 is 25.7 Å². The minimum atomic E-state index is -4.14. The predicted octanol–water partition coefficient (Wildman–Crippen LogP) is 2.67. The topological polar surface area (TPSA) is 92.8 Å². The van der Waals surface area contributed by atoms with Crippen LogP contribution in [0.25, 0.3) is 0 Å². The van der Waals surface area contributed by atoms with Crippen LogP contribution in [-0.2, 0) is 20.0 Å². The van der Waals surface area contributed by atoms with Crippen molar-refractivity contribution in [1.82, 2.24) is 4.31 Å². The zero-order chi connectivity index (χ0) is 20.2. The number of anilines is 1. The van der Waals surface area contributed by atoms with Crippen molar-refractivity contribution in [3.8, 4) is 5.75 Å². The maximum atomic E-state index is 13.4. The van der Waals surface area contributed by atoms with Crippen molar-refractivity contribution in [2.75, 3.05) is 24.9 Å². The summed E-state index contributed by atoms with van der Waals surface area (Å²) in [7, 11) is -6.61. The molecule has 0 heterocycles. The summed E-state index contributed by atoms with van der Waals surface area (Å²) in [5, 5.41) is 0. The number of hydrogen-bond acceptors (Lipinski definition) is 5. The van der Waals surface area contributed by atoms with E-state index < -0.39 is 25.9 Å². The van der Waals surface area contributed by atoms with Gasteiger partial charge in [-0.1, -0.05) is 19.9 Å². The van der Waals surface area contributed by atoms with E-state index in [1.54, 1.807) is 13.8 Å². The maximum Gasteiger partial charge on any atom is 0.262 e. The highest BCUT2D eigenvalue weighted by atomic mass is 32.2. The average Bonchev–Trinajstić information content (AvgIpc) is 2.62. The SMILES string of the molecule is CCN(CC)S(=O)(=O)c1ccc(OC)c(NS(=O)(=O)c2cccc(F)c2)c1. The molecule has 0 saturated heterocycles. The van der Waals surface area contributed by atoms with Crippen LogP contribution in [0.2, 0.25) is 0 Å². The van der Waals surface area contributed by atoms with Gasteiger partial charge in [0.25, 0.3) is 10.0 Å². The van der Waals surface area contributed by atoms with Gasteiger partial charge in [0.05, 0.1) is 22.6 Å². The molecule has 2 aromatic carbocycles. The van der Waals surface area contributed by atoms with Gasteiger partial charge in [-0.3, -0.25) is 4.72 Å². The first-order chi connectivity index (χ1) is 12.7. The third-order valence-electron chi connectivity index (χ3n) is 3.86. The molecule has 0 bridgehead atoms. The summed E-state index contributed by atoms with van der Waals surface area (Å²) in [6.45, 7) is 3.96. The van der Waals surface area contributed by atoms with E-state index in [1.165, 1.54) is 41.7 Å². The summed E-state index contributed by atoms with van der Waals surface area (Å²) in [5.74, 6) is -0.573. The number of sulfonamides is 2. The lowest BCUT2D eigenvalue weighted by molar-refractivity contribution is 0.416. The lowest BCUT2D eigenvalue weighted by Crippen LogP contribution is -2.30. The van der Waals surface area contributed by atoms with E-state index in [9.17, 15) is 21.2 Å². The number of benzene rings is 2. The Morgan fingerprint density at radius 3 is 2.22 bits per heavy atom. The van der Waals surface area contributed by atoms with Crippen molar-refractivity contribution in [1.29, 1.82) is 0 Å². The fourth-order valence-corrected chi connectivity index (χ4v) is 5.05. The lowest BCUT2D eigenvalue weighted by atomic mass is 10.3. The number of methoxy groups -OCH3 is 1. The number of ether oxygens (including phenoxy) is 1. The van der Waals surface area contributed by atoms with Gasteiger partial charge >= 0.3 is 0 Å². The molecule has 0 aromatic heterocycles. The van der Waals surface area contributed by atoms with Crippen LogP contribution in [0.15, 0.2) is 52.3 Å². The van der Waals surface area contributed by atoms with Crippen LogP contribution in [0, 0.1) is 5.82 Å². The summed E-state index contributed by atoms with van der Waals surface area (Å²) in [6.07, 6.45) is 0. The number of hydrogen-bond donors (Lipinski definition) is 1. The largest absolute Gasteiger partial charge is 0.495 e. The Kier molecular flexibility index (Phi) is 6.45. The van der Waals surface area contributed by atoms with Crippen LogP contribution in [0.5, 0.6) is 5.75 Å². The van der Waals surface area contributed by atoms with Crippen molar-refractivity contribution in [3.63, 3.8) is 0 Å². The standard InChI is InChI=1S/C17H21FN2O5S2/c1-4-20(5-2)27(23,24)15-9-10-17(25-3)16(12-15)19-26(21,22)14-8-6-7-13(18)11-14/h6-12,19H,4-5H2,1-3H3. The molecule has 0 spiro atoms. The highest BCUT2D eigenvalue weighted by Crippen LogP contribution is 2.31. The molecule has 0 radical (unpaired) electrons. The van der Waals surface area contributed by atoms with Crippen LogP contribution in [-0.4, -0.2) is 41.3 Å². The molecule has 0 aliphatic carbocycles. The quantitative estimate of drug-likeness (QED) is 0.714. The third kappa shape index (κ3) is 4.57. The Balaban J connectivity index is 2.50. The molecule has 0 saturated carbocycles. The van der Waals surface area contributed by atoms with Crippen LogP contribution >= 0.6 is 0 Å². The molecule has 10 heteroatoms. The molecule has 7 nitrogen and oxygen atoms in total. The molecule has 0 aliphatic rings. The van der Waals surface area contributed by atoms with Gasteiger partial charge < -0.3 is 4.74 Å². The highest BCUT2D eigenvalue weighted by molar-refractivity contribution is 7.92. The van der Waals surface area contributed by atoms with Gasteiger partial charge in [0.2, 0.25) is 10.0 Å². The average molecular weight is 416 g/mol. The van der Waals surface area contributed by atoms with Gasteiger partial charge in [-0.15, -0.1) is 0 Å². The van der Waals surface area contributed by atoms with Gasteiger partial charge in [0, 0.05) is 13.1 Å². The second-order valence-electron chi connectivity index (χ2n) is 5.51. The third-order valence-corrected chi connectivity index (χ3v) is 7.27. The zero-order valence-electron chi connectivity index (χ0n) is 15.1. The first-order valence-corrected chi connectivity index (χ1v) is 11.0. The van der Waals surface area contributed by atoms with E-state index in [1.807, 2.05) is 0 Å². The molecule has 27 heavy (non-hydrogen) atoms. The van der Waals surface area contributed by atoms with Crippen molar-refractivity contribution in [2.45, 2.75) is 23.6 Å². The zero-order valence-corrected chi connectivity index (χ0v) is 16.8. The molecular formula is C17H21FN2O5S2. The molecular weight excluding hydrogens is 395 g/mol. The molecule has 0 unspecified atom stereocenters. The Morgan fingerprint density at radius 2 is 1.67 bits per heavy atom. The molecule has 2 rings (SSSR count). The number of nitrogens with zero attached hydrogens (tertiary/aromatic N) is 1. The summed E-state index contributed by atoms with van der Waals surface area (Å²) < 4.78 is 72.4. The van der Waals surface area contributed by atoms with Crippen LogP contribution in [0.3, 0.4) is 0 Å². The Hall–Kier alpha value is -2.17. The number of halogens is 1. The van der Waals surface area contributed by atoms with Gasteiger partial charge in [-0.2, -0.15) is 4.31 Å². The molecule has 0 atom stereocenters. The van der Waals surface area contributed by atoms with Crippen LogP contribution in [0.4, 0.5) is 10.1 Å². The smallest absolute Gasteiger partial charge is 0.262 e. The highest BCUT2D eigenvalue weighted by Gasteiger charge is 2.24. The second kappa shape index (κ2) is 8.24. The molecule has 1 N–H and O–H groups in total. The molecule has 0 amide bonds. The fourth-order valence-electron chi connectivity index (χ4n) is 2.48.